The lowest BCUT2D eigenvalue weighted by atomic mass is 10.3. The van der Waals surface area contributed by atoms with Crippen LogP contribution in [0.15, 0.2) is 22.7 Å². The second kappa shape index (κ2) is 7.71. The van der Waals surface area contributed by atoms with Crippen LogP contribution in [0, 0.1) is 0 Å². The fourth-order valence-corrected chi connectivity index (χ4v) is 3.93. The van der Waals surface area contributed by atoms with Gasteiger partial charge in [-0.15, -0.1) is 11.3 Å². The molecule has 130 valence electrons. The smallest absolute Gasteiger partial charge is 0.289 e. The van der Waals surface area contributed by atoms with Gasteiger partial charge in [0, 0.05) is 30.8 Å². The molecule has 0 aromatic carbocycles. The van der Waals surface area contributed by atoms with Crippen molar-refractivity contribution in [2.45, 2.75) is 30.8 Å². The minimum absolute atomic E-state index is 0.0517. The maximum atomic E-state index is 12.6. The van der Waals surface area contributed by atoms with Crippen molar-refractivity contribution in [1.29, 1.82) is 0 Å². The molecule has 0 atom stereocenters. The van der Waals surface area contributed by atoms with Crippen molar-refractivity contribution in [3.8, 4) is 0 Å². The van der Waals surface area contributed by atoms with E-state index in [2.05, 4.69) is 9.97 Å². The Morgan fingerprint density at radius 2 is 2.17 bits per heavy atom. The van der Waals surface area contributed by atoms with Gasteiger partial charge >= 0.3 is 6.18 Å². The molecule has 0 unspecified atom stereocenters. The molecule has 2 heterocycles. The van der Waals surface area contributed by atoms with E-state index in [1.54, 1.807) is 10.3 Å². The number of carbonyl (C=O) groups is 1. The number of thiazole rings is 1. The third kappa shape index (κ3) is 4.61. The van der Waals surface area contributed by atoms with Crippen LogP contribution in [0.3, 0.4) is 0 Å². The van der Waals surface area contributed by atoms with Gasteiger partial charge < -0.3 is 0 Å². The predicted molar refractivity (Wildman–Crippen MR) is 89.6 cm³/mol. The number of rotatable bonds is 5. The summed E-state index contributed by atoms with van der Waals surface area (Å²) in [6, 6.07) is 0.859. The highest BCUT2D eigenvalue weighted by atomic mass is 35.5. The van der Waals surface area contributed by atoms with Crippen molar-refractivity contribution in [3.05, 3.63) is 33.9 Å². The van der Waals surface area contributed by atoms with Gasteiger partial charge in [0.25, 0.3) is 0 Å². The van der Waals surface area contributed by atoms with Gasteiger partial charge in [0.1, 0.15) is 5.03 Å². The third-order valence-electron chi connectivity index (χ3n) is 2.96. The van der Waals surface area contributed by atoms with Crippen LogP contribution < -0.4 is 4.90 Å². The summed E-state index contributed by atoms with van der Waals surface area (Å²) in [7, 11) is 0. The van der Waals surface area contributed by atoms with Crippen molar-refractivity contribution >= 4 is 45.7 Å². The summed E-state index contributed by atoms with van der Waals surface area (Å²) in [4.78, 5) is 21.2. The Morgan fingerprint density at radius 1 is 1.46 bits per heavy atom. The number of nitrogens with zero attached hydrogens (tertiary/aromatic N) is 3. The summed E-state index contributed by atoms with van der Waals surface area (Å²) in [5.41, 5.74) is -0.176. The summed E-state index contributed by atoms with van der Waals surface area (Å²) < 4.78 is 37.7. The normalized spacial score (nSPS) is 11.6. The van der Waals surface area contributed by atoms with E-state index >= 15 is 0 Å². The van der Waals surface area contributed by atoms with Gasteiger partial charge in [0.05, 0.1) is 16.3 Å². The fourth-order valence-electron chi connectivity index (χ4n) is 1.81. The lowest BCUT2D eigenvalue weighted by Crippen LogP contribution is -2.27. The Balaban J connectivity index is 2.06. The molecule has 0 aliphatic rings. The second-order valence-electron chi connectivity index (χ2n) is 4.68. The van der Waals surface area contributed by atoms with Crippen molar-refractivity contribution < 1.29 is 18.0 Å². The Labute approximate surface area is 150 Å². The van der Waals surface area contributed by atoms with E-state index in [0.717, 1.165) is 12.3 Å². The molecule has 0 saturated heterocycles. The number of pyridine rings is 1. The molecule has 0 spiro atoms. The van der Waals surface area contributed by atoms with Crippen LogP contribution in [-0.2, 0) is 16.7 Å². The van der Waals surface area contributed by atoms with Gasteiger partial charge in [0.2, 0.25) is 5.91 Å². The van der Waals surface area contributed by atoms with Crippen LogP contribution in [0.2, 0.25) is 5.02 Å². The highest BCUT2D eigenvalue weighted by Gasteiger charge is 2.31. The van der Waals surface area contributed by atoms with E-state index in [4.69, 9.17) is 11.6 Å². The van der Waals surface area contributed by atoms with E-state index in [1.807, 2.05) is 6.92 Å². The number of hydrogen-bond donors (Lipinski definition) is 0. The van der Waals surface area contributed by atoms with Crippen LogP contribution in [0.5, 0.6) is 0 Å². The molecule has 0 saturated carbocycles. The quantitative estimate of drug-likeness (QED) is 0.677. The highest BCUT2D eigenvalue weighted by molar-refractivity contribution is 7.98. The standard InChI is InChI=1S/C14H13ClF3N3OS2/c1-3-21(8(2)22)13-20-10(7-24-13)6-23-12-11(15)4-9(5-19-12)14(16,17)18/h4-5,7H,3,6H2,1-2H3. The van der Waals surface area contributed by atoms with Crippen molar-refractivity contribution in [2.75, 3.05) is 11.4 Å². The van der Waals surface area contributed by atoms with Gasteiger partial charge in [-0.2, -0.15) is 13.2 Å². The Morgan fingerprint density at radius 3 is 2.71 bits per heavy atom. The average Bonchev–Trinajstić information content (AvgIpc) is 2.94. The van der Waals surface area contributed by atoms with Gasteiger partial charge in [-0.1, -0.05) is 23.4 Å². The van der Waals surface area contributed by atoms with E-state index in [0.29, 0.717) is 28.1 Å². The second-order valence-corrected chi connectivity index (χ2v) is 6.89. The first kappa shape index (κ1) is 19.0. The molecule has 0 N–H and O–H groups in total. The van der Waals surface area contributed by atoms with Gasteiger partial charge in [-0.05, 0) is 13.0 Å². The molecule has 0 radical (unpaired) electrons. The maximum absolute atomic E-state index is 12.6. The molecule has 2 aromatic heterocycles. The molecule has 0 fully saturated rings. The molecular weight excluding hydrogens is 383 g/mol. The Kier molecular flexibility index (Phi) is 6.11. The molecule has 2 aromatic rings. The molecule has 10 heteroatoms. The molecule has 0 aliphatic carbocycles. The molecule has 2 rings (SSSR count). The minimum Gasteiger partial charge on any atom is -0.289 e. The van der Waals surface area contributed by atoms with Gasteiger partial charge in [-0.25, -0.2) is 9.97 Å². The number of halogens is 4. The highest BCUT2D eigenvalue weighted by Crippen LogP contribution is 2.35. The molecular formula is C14H13ClF3N3OS2. The predicted octanol–water partition coefficient (Wildman–Crippen LogP) is 4.88. The largest absolute Gasteiger partial charge is 0.417 e. The lowest BCUT2D eigenvalue weighted by Gasteiger charge is -2.14. The average molecular weight is 396 g/mol. The number of amides is 1. The summed E-state index contributed by atoms with van der Waals surface area (Å²) in [6.45, 7) is 3.83. The number of hydrogen-bond acceptors (Lipinski definition) is 5. The molecule has 24 heavy (non-hydrogen) atoms. The molecule has 0 aliphatic heterocycles. The van der Waals surface area contributed by atoms with Crippen molar-refractivity contribution in [1.82, 2.24) is 9.97 Å². The summed E-state index contributed by atoms with van der Waals surface area (Å²) >= 11 is 8.39. The Hall–Kier alpha value is -1.32. The van der Waals surface area contributed by atoms with Crippen LogP contribution in [0.1, 0.15) is 25.1 Å². The lowest BCUT2D eigenvalue weighted by molar-refractivity contribution is -0.137. The van der Waals surface area contributed by atoms with Crippen LogP contribution >= 0.6 is 34.7 Å². The summed E-state index contributed by atoms with van der Waals surface area (Å²) in [6.07, 6.45) is -3.71. The zero-order chi connectivity index (χ0) is 17.9. The van der Waals surface area contributed by atoms with E-state index < -0.39 is 11.7 Å². The van der Waals surface area contributed by atoms with E-state index in [-0.39, 0.29) is 10.9 Å². The molecule has 0 bridgehead atoms. The van der Waals surface area contributed by atoms with Crippen LogP contribution in [0.4, 0.5) is 18.3 Å². The topological polar surface area (TPSA) is 46.1 Å². The molecule has 4 nitrogen and oxygen atoms in total. The number of alkyl halides is 3. The number of thioether (sulfide) groups is 1. The van der Waals surface area contributed by atoms with Crippen molar-refractivity contribution in [3.63, 3.8) is 0 Å². The van der Waals surface area contributed by atoms with Crippen LogP contribution in [-0.4, -0.2) is 22.4 Å². The first-order valence-electron chi connectivity index (χ1n) is 6.80. The summed E-state index contributed by atoms with van der Waals surface area (Å²) in [5.74, 6) is 0.294. The summed E-state index contributed by atoms with van der Waals surface area (Å²) in [5, 5.41) is 2.64. The fraction of sp³-hybridized carbons (Fsp3) is 0.357. The zero-order valence-electron chi connectivity index (χ0n) is 12.7. The maximum Gasteiger partial charge on any atom is 0.417 e. The molecule has 1 amide bonds. The third-order valence-corrected chi connectivity index (χ3v) is 5.31. The van der Waals surface area contributed by atoms with E-state index in [9.17, 15) is 18.0 Å². The number of anilines is 1. The van der Waals surface area contributed by atoms with Crippen LogP contribution in [0.25, 0.3) is 0 Å². The van der Waals surface area contributed by atoms with Gasteiger partial charge in [0.15, 0.2) is 5.13 Å². The Bertz CT molecular complexity index is 736. The number of carbonyl (C=O) groups excluding carboxylic acids is 1. The monoisotopic (exact) mass is 395 g/mol. The zero-order valence-corrected chi connectivity index (χ0v) is 15.1. The minimum atomic E-state index is -4.47. The first-order valence-corrected chi connectivity index (χ1v) is 9.04. The van der Waals surface area contributed by atoms with E-state index in [1.165, 1.54) is 30.0 Å². The first-order chi connectivity index (χ1) is 11.2. The van der Waals surface area contributed by atoms with Crippen molar-refractivity contribution in [2.24, 2.45) is 0 Å². The SMILES string of the molecule is CCN(C(C)=O)c1nc(CSc2ncc(C(F)(F)F)cc2Cl)cs1. The number of aromatic nitrogens is 2. The van der Waals surface area contributed by atoms with Gasteiger partial charge in [-0.3, -0.25) is 9.69 Å².